The van der Waals surface area contributed by atoms with E-state index in [9.17, 15) is 18.4 Å². The van der Waals surface area contributed by atoms with Gasteiger partial charge in [0.2, 0.25) is 0 Å². The Labute approximate surface area is 210 Å². The Morgan fingerprint density at radius 1 is 0.943 bits per heavy atom. The van der Waals surface area contributed by atoms with E-state index in [1.165, 1.54) is 0 Å². The largest absolute Gasteiger partial charge is 0.465 e. The zero-order valence-corrected chi connectivity index (χ0v) is 21.7. The van der Waals surface area contributed by atoms with Crippen molar-refractivity contribution in [1.29, 1.82) is 0 Å². The number of alkyl halides is 2. The number of rotatable bonds is 9. The van der Waals surface area contributed by atoms with Crippen LogP contribution in [0.3, 0.4) is 0 Å². The highest BCUT2D eigenvalue weighted by molar-refractivity contribution is 7.96. The van der Waals surface area contributed by atoms with Gasteiger partial charge in [0.15, 0.2) is 0 Å². The number of carbonyl (C=O) groups is 2. The Morgan fingerprint density at radius 2 is 1.49 bits per heavy atom. The number of ether oxygens (including phenoxy) is 2. The van der Waals surface area contributed by atoms with E-state index in [0.717, 1.165) is 57.8 Å². The van der Waals surface area contributed by atoms with Crippen molar-refractivity contribution in [2.75, 3.05) is 13.2 Å². The summed E-state index contributed by atoms with van der Waals surface area (Å²) in [4.78, 5) is 24.9. The van der Waals surface area contributed by atoms with Crippen LogP contribution in [0.5, 0.6) is 0 Å². The van der Waals surface area contributed by atoms with Crippen molar-refractivity contribution in [2.45, 2.75) is 90.2 Å². The number of halogens is 2. The summed E-state index contributed by atoms with van der Waals surface area (Å²) < 4.78 is 42.4. The Hall–Kier alpha value is -0.970. The minimum Gasteiger partial charge on any atom is -0.465 e. The smallest absolute Gasteiger partial charge is 0.415 e. The third-order valence-corrected chi connectivity index (χ3v) is 9.53. The average Bonchev–Trinajstić information content (AvgIpc) is 2.78. The molecule has 4 bridgehead atoms. The summed E-state index contributed by atoms with van der Waals surface area (Å²) in [6.07, 6.45) is 9.24. The van der Waals surface area contributed by atoms with Crippen molar-refractivity contribution >= 4 is 24.0 Å². The summed E-state index contributed by atoms with van der Waals surface area (Å²) in [7, 11) is 0. The van der Waals surface area contributed by atoms with Crippen LogP contribution in [0.1, 0.15) is 85.0 Å². The predicted octanol–water partition coefficient (Wildman–Crippen LogP) is 6.17. The predicted molar refractivity (Wildman–Crippen MR) is 124 cm³/mol. The van der Waals surface area contributed by atoms with Gasteiger partial charge in [-0.3, -0.25) is 4.79 Å². The van der Waals surface area contributed by atoms with E-state index in [-0.39, 0.29) is 34.7 Å². The quantitative estimate of drug-likeness (QED) is 0.167. The molecule has 0 radical (unpaired) electrons. The molecule has 0 spiro atoms. The fraction of sp³-hybridized carbons (Fsp3) is 0.920. The minimum atomic E-state index is -4.00. The summed E-state index contributed by atoms with van der Waals surface area (Å²) >= 11 is -0.608. The minimum absolute atomic E-state index is 0.0396. The van der Waals surface area contributed by atoms with Crippen LogP contribution >= 0.6 is 12.0 Å². The van der Waals surface area contributed by atoms with Crippen LogP contribution in [-0.4, -0.2) is 35.7 Å². The third-order valence-electron chi connectivity index (χ3n) is 9.03. The van der Waals surface area contributed by atoms with Gasteiger partial charge in [0.1, 0.15) is 12.0 Å². The molecule has 5 fully saturated rings. The molecule has 0 aliphatic heterocycles. The molecular weight excluding hydrogens is 482 g/mol. The van der Waals surface area contributed by atoms with E-state index in [1.54, 1.807) is 0 Å². The molecule has 0 saturated heterocycles. The third kappa shape index (κ3) is 6.13. The molecule has 7 nitrogen and oxygen atoms in total. The van der Waals surface area contributed by atoms with Crippen molar-refractivity contribution in [3.05, 3.63) is 0 Å². The summed E-state index contributed by atoms with van der Waals surface area (Å²) in [5, 5.41) is 7.24. The number of carbonyl (C=O) groups excluding carboxylic acids is 2. The molecule has 0 aromatic rings. The van der Waals surface area contributed by atoms with E-state index in [0.29, 0.717) is 30.8 Å². The molecule has 5 aliphatic rings. The standard InChI is InChI=1S/C25H38F2O7S/c1-22(2,3)19-6-4-18(5-7-19)20(28)31-14-23-9-16-8-17(10-23)12-24(11-16,13-23)15-32-21(29)25(26,27)35-34-33-30/h16-19,30H,4-15H2,1-3H3. The molecule has 0 amide bonds. The first-order chi connectivity index (χ1) is 16.4. The van der Waals surface area contributed by atoms with Crippen molar-refractivity contribution < 1.29 is 42.5 Å². The Kier molecular flexibility index (Phi) is 7.78. The molecule has 5 rings (SSSR count). The summed E-state index contributed by atoms with van der Waals surface area (Å²) in [6.45, 7) is 7.04. The fourth-order valence-electron chi connectivity index (χ4n) is 7.92. The second-order valence-corrected chi connectivity index (χ2v) is 13.6. The zero-order chi connectivity index (χ0) is 25.5. The van der Waals surface area contributed by atoms with Crippen molar-refractivity contribution in [3.63, 3.8) is 0 Å². The van der Waals surface area contributed by atoms with E-state index in [4.69, 9.17) is 14.7 Å². The number of esters is 2. The van der Waals surface area contributed by atoms with E-state index in [2.05, 4.69) is 30.1 Å². The van der Waals surface area contributed by atoms with Gasteiger partial charge in [0, 0.05) is 10.8 Å². The normalized spacial score (nSPS) is 36.7. The molecule has 1 N–H and O–H groups in total. The zero-order valence-electron chi connectivity index (χ0n) is 20.9. The van der Waals surface area contributed by atoms with Gasteiger partial charge in [-0.15, -0.1) is 4.33 Å². The molecule has 35 heavy (non-hydrogen) atoms. The highest BCUT2D eigenvalue weighted by Crippen LogP contribution is 2.65. The lowest BCUT2D eigenvalue weighted by Crippen LogP contribution is -2.55. The average molecular weight is 521 g/mol. The highest BCUT2D eigenvalue weighted by Gasteiger charge is 2.59. The molecule has 10 heteroatoms. The maximum atomic E-state index is 13.8. The molecule has 0 aromatic heterocycles. The monoisotopic (exact) mass is 520 g/mol. The summed E-state index contributed by atoms with van der Waals surface area (Å²) in [6, 6.07) is 0. The Bertz CT molecular complexity index is 777. The second-order valence-electron chi connectivity index (χ2n) is 12.8. The lowest BCUT2D eigenvalue weighted by Gasteiger charge is -2.61. The van der Waals surface area contributed by atoms with Crippen LogP contribution in [0.4, 0.5) is 8.78 Å². The summed E-state index contributed by atoms with van der Waals surface area (Å²) in [5.74, 6) is -0.375. The van der Waals surface area contributed by atoms with E-state index in [1.807, 2.05) is 0 Å². The summed E-state index contributed by atoms with van der Waals surface area (Å²) in [5.41, 5.74) is -0.278. The van der Waals surface area contributed by atoms with Gasteiger partial charge in [-0.05, 0) is 87.4 Å². The maximum absolute atomic E-state index is 13.8. The molecule has 2 unspecified atom stereocenters. The molecular formula is C25H38F2O7S. The van der Waals surface area contributed by atoms with Crippen LogP contribution in [-0.2, 0) is 28.4 Å². The molecule has 2 atom stereocenters. The number of hydrogen-bond donors (Lipinski definition) is 1. The Balaban J connectivity index is 1.32. The van der Waals surface area contributed by atoms with Crippen LogP contribution in [0, 0.1) is 39.9 Å². The SMILES string of the molecule is CC(C)(C)C1CCC(C(=O)OCC23CC4CC(C2)CC(COC(=O)C(F)(F)SOOO)(C4)C3)CC1. The van der Waals surface area contributed by atoms with Crippen molar-refractivity contribution in [3.8, 4) is 0 Å². The molecule has 5 saturated carbocycles. The molecule has 0 heterocycles. The lowest BCUT2D eigenvalue weighted by atomic mass is 9.44. The van der Waals surface area contributed by atoms with Gasteiger partial charge >= 0.3 is 17.2 Å². The lowest BCUT2D eigenvalue weighted by molar-refractivity contribution is -0.433. The molecule has 200 valence electrons. The van der Waals surface area contributed by atoms with Crippen LogP contribution in [0.2, 0.25) is 0 Å². The second kappa shape index (κ2) is 10.1. The van der Waals surface area contributed by atoms with E-state index < -0.39 is 23.3 Å². The first kappa shape index (κ1) is 27.1. The maximum Gasteiger partial charge on any atom is 0.415 e. The molecule has 0 aromatic carbocycles. The van der Waals surface area contributed by atoms with Gasteiger partial charge in [0.05, 0.1) is 19.1 Å². The van der Waals surface area contributed by atoms with Crippen molar-refractivity contribution in [2.24, 2.45) is 39.9 Å². The highest BCUT2D eigenvalue weighted by atomic mass is 32.2. The van der Waals surface area contributed by atoms with Gasteiger partial charge in [0.25, 0.3) is 0 Å². The van der Waals surface area contributed by atoms with Crippen LogP contribution < -0.4 is 0 Å². The van der Waals surface area contributed by atoms with Gasteiger partial charge in [-0.1, -0.05) is 25.8 Å². The number of hydrogen-bond acceptors (Lipinski definition) is 8. The van der Waals surface area contributed by atoms with Gasteiger partial charge in [-0.2, -0.15) is 8.78 Å². The van der Waals surface area contributed by atoms with Crippen LogP contribution in [0.15, 0.2) is 0 Å². The van der Waals surface area contributed by atoms with Gasteiger partial charge in [-0.25, -0.2) is 10.1 Å². The Morgan fingerprint density at radius 3 is 2.00 bits per heavy atom. The molecule has 5 aliphatic carbocycles. The topological polar surface area (TPSA) is 91.3 Å². The van der Waals surface area contributed by atoms with E-state index >= 15 is 0 Å². The van der Waals surface area contributed by atoms with Gasteiger partial charge < -0.3 is 9.47 Å². The van der Waals surface area contributed by atoms with Crippen LogP contribution in [0.25, 0.3) is 0 Å². The fourth-order valence-corrected chi connectivity index (χ4v) is 8.16. The first-order valence-electron chi connectivity index (χ1n) is 12.7. The van der Waals surface area contributed by atoms with Crippen molar-refractivity contribution in [1.82, 2.24) is 0 Å². The first-order valence-corrected chi connectivity index (χ1v) is 13.5.